The van der Waals surface area contributed by atoms with Crippen molar-refractivity contribution in [3.05, 3.63) is 101 Å². The highest BCUT2D eigenvalue weighted by molar-refractivity contribution is 7.92. The van der Waals surface area contributed by atoms with E-state index in [2.05, 4.69) is 19.9 Å². The van der Waals surface area contributed by atoms with E-state index in [1.165, 1.54) is 58.5 Å². The number of nitrogens with zero attached hydrogens (tertiary/aromatic N) is 5. The van der Waals surface area contributed by atoms with Crippen LogP contribution in [0.15, 0.2) is 78.3 Å². The molecule has 0 saturated carbocycles. The summed E-state index contributed by atoms with van der Waals surface area (Å²) in [6.07, 6.45) is 4.12. The third kappa shape index (κ3) is 5.20. The summed E-state index contributed by atoms with van der Waals surface area (Å²) in [7, 11) is -4.03. The minimum atomic E-state index is -4.03. The Hall–Kier alpha value is -3.58. The van der Waals surface area contributed by atoms with Gasteiger partial charge in [0, 0.05) is 27.7 Å². The first-order valence-electron chi connectivity index (χ1n) is 11.4. The summed E-state index contributed by atoms with van der Waals surface area (Å²) in [5.74, 6) is -1.72. The number of hydrogen-bond acceptors (Lipinski definition) is 6. The Balaban J connectivity index is 1.51. The van der Waals surface area contributed by atoms with Gasteiger partial charge in [-0.2, -0.15) is 10.2 Å². The predicted octanol–water partition coefficient (Wildman–Crippen LogP) is 5.16. The normalized spacial score (nSPS) is 14.3. The molecule has 5 rings (SSSR count). The van der Waals surface area contributed by atoms with Gasteiger partial charge in [0.05, 0.1) is 29.3 Å². The lowest BCUT2D eigenvalue weighted by molar-refractivity contribution is -0.0354. The van der Waals surface area contributed by atoms with Crippen LogP contribution in [-0.4, -0.2) is 38.1 Å². The van der Waals surface area contributed by atoms with E-state index in [1.807, 2.05) is 0 Å². The molecule has 9 nitrogen and oxygen atoms in total. The maximum absolute atomic E-state index is 14.9. The van der Waals surface area contributed by atoms with Crippen molar-refractivity contribution in [3.8, 4) is 0 Å². The van der Waals surface area contributed by atoms with E-state index in [4.69, 9.17) is 23.2 Å². The average molecular weight is 593 g/mol. The Morgan fingerprint density at radius 3 is 2.56 bits per heavy atom. The molecule has 2 N–H and O–H groups in total. The quantitative estimate of drug-likeness (QED) is 0.257. The molecule has 2 atom stereocenters. The van der Waals surface area contributed by atoms with Crippen molar-refractivity contribution in [3.63, 3.8) is 0 Å². The van der Waals surface area contributed by atoms with Gasteiger partial charge in [0.2, 0.25) is 0 Å². The second-order valence-electron chi connectivity index (χ2n) is 8.86. The first-order chi connectivity index (χ1) is 18.5. The van der Waals surface area contributed by atoms with Crippen molar-refractivity contribution in [1.29, 1.82) is 0 Å². The molecule has 14 heteroatoms. The maximum atomic E-state index is 14.9. The summed E-state index contributed by atoms with van der Waals surface area (Å²) in [4.78, 5) is 3.73. The van der Waals surface area contributed by atoms with Crippen molar-refractivity contribution in [1.82, 2.24) is 24.5 Å². The van der Waals surface area contributed by atoms with Crippen LogP contribution in [0, 0.1) is 11.6 Å². The summed E-state index contributed by atoms with van der Waals surface area (Å²) in [6, 6.07) is 10.8. The van der Waals surface area contributed by atoms with E-state index in [-0.39, 0.29) is 27.7 Å². The van der Waals surface area contributed by atoms with E-state index in [0.29, 0.717) is 22.0 Å². The van der Waals surface area contributed by atoms with Crippen LogP contribution in [0.25, 0.3) is 10.9 Å². The van der Waals surface area contributed by atoms with Crippen molar-refractivity contribution in [2.45, 2.75) is 30.0 Å². The van der Waals surface area contributed by atoms with Gasteiger partial charge in [-0.05, 0) is 49.4 Å². The summed E-state index contributed by atoms with van der Waals surface area (Å²) in [6.45, 7) is 1.42. The number of sulfonamides is 1. The first kappa shape index (κ1) is 27.0. The Morgan fingerprint density at radius 1 is 1.08 bits per heavy atom. The molecule has 0 fully saturated rings. The van der Waals surface area contributed by atoms with E-state index in [9.17, 15) is 22.3 Å². The third-order valence-corrected chi connectivity index (χ3v) is 8.46. The lowest BCUT2D eigenvalue weighted by atomic mass is 9.86. The Bertz CT molecular complexity index is 1780. The highest BCUT2D eigenvalue weighted by atomic mass is 35.5. The smallest absolute Gasteiger partial charge is 0.263 e. The molecular formula is C25H20Cl2F2N6O3S. The minimum Gasteiger partial charge on any atom is -0.381 e. The SMILES string of the molecule is C[C@@H](n1ncc2cc(NS(=O)(=O)c3ccc(Cl)cc3Cl)ccc21)[C@](O)(Cn1cncn1)c1ccc(F)cc1F. The molecule has 2 heterocycles. The lowest BCUT2D eigenvalue weighted by Gasteiger charge is -2.35. The molecule has 0 radical (unpaired) electrons. The highest BCUT2D eigenvalue weighted by Crippen LogP contribution is 2.38. The number of anilines is 1. The van der Waals surface area contributed by atoms with Crippen molar-refractivity contribution < 1.29 is 22.3 Å². The Kier molecular flexibility index (Phi) is 7.06. The van der Waals surface area contributed by atoms with Gasteiger partial charge in [-0.15, -0.1) is 0 Å². The highest BCUT2D eigenvalue weighted by Gasteiger charge is 2.41. The van der Waals surface area contributed by atoms with Gasteiger partial charge in [0.1, 0.15) is 34.8 Å². The largest absolute Gasteiger partial charge is 0.381 e. The van der Waals surface area contributed by atoms with Gasteiger partial charge in [-0.3, -0.25) is 9.40 Å². The molecule has 5 aromatic rings. The van der Waals surface area contributed by atoms with Crippen LogP contribution in [0.3, 0.4) is 0 Å². The summed E-state index contributed by atoms with van der Waals surface area (Å²) in [5.41, 5.74) is -1.33. The van der Waals surface area contributed by atoms with Gasteiger partial charge in [-0.1, -0.05) is 29.3 Å². The zero-order valence-corrected chi connectivity index (χ0v) is 22.5. The minimum absolute atomic E-state index is 0.0302. The summed E-state index contributed by atoms with van der Waals surface area (Å²) < 4.78 is 59.7. The number of fused-ring (bicyclic) bond motifs is 1. The van der Waals surface area contributed by atoms with Crippen LogP contribution in [-0.2, 0) is 22.2 Å². The molecule has 0 aliphatic rings. The predicted molar refractivity (Wildman–Crippen MR) is 142 cm³/mol. The number of rotatable bonds is 8. The van der Waals surface area contributed by atoms with Crippen LogP contribution in [0.5, 0.6) is 0 Å². The molecule has 0 unspecified atom stereocenters. The van der Waals surface area contributed by atoms with Gasteiger partial charge in [-0.25, -0.2) is 26.9 Å². The average Bonchev–Trinajstić information content (AvgIpc) is 3.52. The maximum Gasteiger partial charge on any atom is 0.263 e. The molecule has 0 aliphatic heterocycles. The summed E-state index contributed by atoms with van der Waals surface area (Å²) in [5, 5.41) is 21.1. The topological polar surface area (TPSA) is 115 Å². The third-order valence-electron chi connectivity index (χ3n) is 6.36. The fraction of sp³-hybridized carbons (Fsp3) is 0.160. The second-order valence-corrected chi connectivity index (χ2v) is 11.4. The Labute approximate surface area is 231 Å². The second kappa shape index (κ2) is 10.2. The van der Waals surface area contributed by atoms with Gasteiger partial charge < -0.3 is 5.11 Å². The lowest BCUT2D eigenvalue weighted by Crippen LogP contribution is -2.41. The van der Waals surface area contributed by atoms with Crippen molar-refractivity contribution in [2.75, 3.05) is 4.72 Å². The van der Waals surface area contributed by atoms with Gasteiger partial charge in [0.25, 0.3) is 10.0 Å². The number of hydrogen-bond donors (Lipinski definition) is 2. The molecular weight excluding hydrogens is 573 g/mol. The number of halogens is 4. The monoisotopic (exact) mass is 592 g/mol. The van der Waals surface area contributed by atoms with Crippen LogP contribution < -0.4 is 4.72 Å². The van der Waals surface area contributed by atoms with Gasteiger partial charge in [0.15, 0.2) is 0 Å². The number of benzene rings is 3. The van der Waals surface area contributed by atoms with Crippen LogP contribution >= 0.6 is 23.2 Å². The van der Waals surface area contributed by atoms with Crippen molar-refractivity contribution >= 4 is 49.8 Å². The molecule has 3 aromatic carbocycles. The van der Waals surface area contributed by atoms with E-state index >= 15 is 0 Å². The van der Waals surface area contributed by atoms with E-state index in [0.717, 1.165) is 6.07 Å². The Morgan fingerprint density at radius 2 is 1.87 bits per heavy atom. The molecule has 0 amide bonds. The molecule has 39 heavy (non-hydrogen) atoms. The molecule has 0 spiro atoms. The first-order valence-corrected chi connectivity index (χ1v) is 13.7. The molecule has 0 aliphatic carbocycles. The summed E-state index contributed by atoms with van der Waals surface area (Å²) >= 11 is 12.0. The molecule has 0 bridgehead atoms. The zero-order valence-electron chi connectivity index (χ0n) is 20.1. The number of nitrogens with one attached hydrogen (secondary N) is 1. The van der Waals surface area contributed by atoms with E-state index in [1.54, 1.807) is 19.1 Å². The zero-order chi connectivity index (χ0) is 27.9. The van der Waals surface area contributed by atoms with E-state index < -0.39 is 33.3 Å². The number of aromatic nitrogens is 5. The molecule has 202 valence electrons. The van der Waals surface area contributed by atoms with Gasteiger partial charge >= 0.3 is 0 Å². The van der Waals surface area contributed by atoms with Crippen LogP contribution in [0.1, 0.15) is 18.5 Å². The molecule has 0 saturated heterocycles. The van der Waals surface area contributed by atoms with Crippen LogP contribution in [0.4, 0.5) is 14.5 Å². The molecule has 2 aromatic heterocycles. The fourth-order valence-corrected chi connectivity index (χ4v) is 6.20. The fourth-order valence-electron chi connectivity index (χ4n) is 4.38. The van der Waals surface area contributed by atoms with Crippen molar-refractivity contribution in [2.24, 2.45) is 0 Å². The standard InChI is InChI=1S/C25H20Cl2F2N6O3S/c1-15(25(36,12-34-14-30-13-32-34)20-5-3-18(28)10-22(20)29)35-23-6-4-19(8-16(23)11-31-35)33-39(37,38)24-7-2-17(26)9-21(24)27/h2-11,13-15,33,36H,12H2,1H3/t15-,25-/m1/s1. The van der Waals surface area contributed by atoms with Crippen LogP contribution in [0.2, 0.25) is 10.0 Å². The number of aliphatic hydroxyl groups is 1.